The van der Waals surface area contributed by atoms with Crippen LogP contribution in [0.1, 0.15) is 38.1 Å². The van der Waals surface area contributed by atoms with Gasteiger partial charge in [-0.05, 0) is 45.0 Å². The van der Waals surface area contributed by atoms with Gasteiger partial charge in [-0.1, -0.05) is 25.7 Å². The van der Waals surface area contributed by atoms with Crippen molar-refractivity contribution in [3.8, 4) is 5.75 Å². The molecule has 1 aromatic carbocycles. The monoisotopic (exact) mass is 364 g/mol. The van der Waals surface area contributed by atoms with Gasteiger partial charge in [0, 0.05) is 31.7 Å². The number of carbonyl (C=O) groups is 2. The average molecular weight is 365 g/mol. The minimum absolute atomic E-state index is 0.00293. The Labute approximate surface area is 153 Å². The van der Waals surface area contributed by atoms with E-state index in [0.29, 0.717) is 37.5 Å². The van der Waals surface area contributed by atoms with Crippen LogP contribution >= 0.6 is 0 Å². The van der Waals surface area contributed by atoms with E-state index >= 15 is 0 Å². The van der Waals surface area contributed by atoms with Crippen LogP contribution in [0.5, 0.6) is 5.75 Å². The summed E-state index contributed by atoms with van der Waals surface area (Å²) in [5, 5.41) is 0.910. The van der Waals surface area contributed by atoms with E-state index in [0.717, 1.165) is 5.19 Å². The number of rotatable bonds is 7. The Balaban J connectivity index is 3.38. The molecule has 0 unspecified atom stereocenters. The highest BCUT2D eigenvalue weighted by molar-refractivity contribution is 6.90. The van der Waals surface area contributed by atoms with Crippen LogP contribution in [0.3, 0.4) is 0 Å². The van der Waals surface area contributed by atoms with Crippen LogP contribution in [0.2, 0.25) is 19.6 Å². The number of nitrogens with zero attached hydrogens (tertiary/aromatic N) is 2. The van der Waals surface area contributed by atoms with Gasteiger partial charge >= 0.3 is 6.09 Å². The van der Waals surface area contributed by atoms with Crippen LogP contribution in [0, 0.1) is 0 Å². The molecule has 1 rings (SSSR count). The molecule has 0 atom stereocenters. The lowest BCUT2D eigenvalue weighted by Gasteiger charge is -2.27. The van der Waals surface area contributed by atoms with Gasteiger partial charge in [0.15, 0.2) is 0 Å². The molecule has 0 aliphatic heterocycles. The van der Waals surface area contributed by atoms with Crippen molar-refractivity contribution in [1.82, 2.24) is 9.80 Å². The summed E-state index contributed by atoms with van der Waals surface area (Å²) in [6.45, 7) is 16.8. The molecule has 0 spiro atoms. The van der Waals surface area contributed by atoms with Crippen LogP contribution in [-0.4, -0.2) is 56.1 Å². The number of amides is 2. The largest absolute Gasteiger partial charge is 0.415 e. The second-order valence-electron chi connectivity index (χ2n) is 6.95. The highest BCUT2D eigenvalue weighted by atomic mass is 28.3. The van der Waals surface area contributed by atoms with Crippen molar-refractivity contribution in [3.63, 3.8) is 0 Å². The van der Waals surface area contributed by atoms with E-state index in [1.165, 1.54) is 0 Å². The van der Waals surface area contributed by atoms with E-state index in [1.54, 1.807) is 21.9 Å². The first kappa shape index (κ1) is 21.2. The standard InChI is InChI=1S/C19H32N2O3Si/c1-8-20(9-2)18(22)15-13-12-14-16(17(15)25(5,6)7)24-19(23)21(10-3)11-4/h12-14H,8-11H2,1-7H3. The molecule has 0 N–H and O–H groups in total. The average Bonchev–Trinajstić information content (AvgIpc) is 2.55. The second-order valence-corrected chi connectivity index (χ2v) is 11.9. The maximum Gasteiger partial charge on any atom is 0.415 e. The molecule has 1 aromatic rings. The molecule has 5 nitrogen and oxygen atoms in total. The number of ether oxygens (including phenoxy) is 1. The molecule has 0 aliphatic carbocycles. The van der Waals surface area contributed by atoms with Crippen molar-refractivity contribution >= 4 is 25.3 Å². The van der Waals surface area contributed by atoms with Crippen LogP contribution < -0.4 is 9.92 Å². The molecule has 0 radical (unpaired) electrons. The summed E-state index contributed by atoms with van der Waals surface area (Å²) < 4.78 is 5.70. The van der Waals surface area contributed by atoms with Gasteiger partial charge < -0.3 is 14.5 Å². The number of benzene rings is 1. The molecule has 0 saturated carbocycles. The summed E-state index contributed by atoms with van der Waals surface area (Å²) in [5.41, 5.74) is 0.660. The second kappa shape index (κ2) is 9.04. The first-order valence-corrected chi connectivity index (χ1v) is 12.6. The lowest BCUT2D eigenvalue weighted by Crippen LogP contribution is -2.46. The Bertz CT molecular complexity index is 603. The molecule has 0 aliphatic rings. The highest BCUT2D eigenvalue weighted by Gasteiger charge is 2.30. The van der Waals surface area contributed by atoms with Crippen molar-refractivity contribution in [1.29, 1.82) is 0 Å². The minimum atomic E-state index is -1.92. The molecule has 25 heavy (non-hydrogen) atoms. The van der Waals surface area contributed by atoms with Gasteiger partial charge in [-0.3, -0.25) is 4.79 Å². The van der Waals surface area contributed by atoms with Crippen molar-refractivity contribution in [2.75, 3.05) is 26.2 Å². The van der Waals surface area contributed by atoms with Gasteiger partial charge in [0.25, 0.3) is 5.91 Å². The van der Waals surface area contributed by atoms with Gasteiger partial charge in [-0.25, -0.2) is 4.79 Å². The van der Waals surface area contributed by atoms with Crippen molar-refractivity contribution < 1.29 is 14.3 Å². The first-order valence-electron chi connectivity index (χ1n) is 9.10. The lowest BCUT2D eigenvalue weighted by molar-refractivity contribution is 0.0773. The molecule has 6 heteroatoms. The van der Waals surface area contributed by atoms with Crippen molar-refractivity contribution in [2.24, 2.45) is 0 Å². The topological polar surface area (TPSA) is 49.9 Å². The number of hydrogen-bond donors (Lipinski definition) is 0. The third-order valence-electron chi connectivity index (χ3n) is 4.28. The Kier molecular flexibility index (Phi) is 7.67. The van der Waals surface area contributed by atoms with Gasteiger partial charge in [0.05, 0.1) is 8.07 Å². The summed E-state index contributed by atoms with van der Waals surface area (Å²) in [5.74, 6) is 0.525. The smallest absolute Gasteiger partial charge is 0.410 e. The van der Waals surface area contributed by atoms with Gasteiger partial charge in [-0.15, -0.1) is 0 Å². The number of carbonyl (C=O) groups excluding carboxylic acids is 2. The minimum Gasteiger partial charge on any atom is -0.410 e. The summed E-state index contributed by atoms with van der Waals surface area (Å²) in [7, 11) is -1.92. The van der Waals surface area contributed by atoms with Crippen LogP contribution in [-0.2, 0) is 0 Å². The van der Waals surface area contributed by atoms with E-state index in [4.69, 9.17) is 4.74 Å². The fraction of sp³-hybridized carbons (Fsp3) is 0.579. The van der Waals surface area contributed by atoms with E-state index in [1.807, 2.05) is 33.8 Å². The van der Waals surface area contributed by atoms with Gasteiger partial charge in [0.2, 0.25) is 0 Å². The molecule has 0 saturated heterocycles. The zero-order chi connectivity index (χ0) is 19.2. The molecule has 0 aromatic heterocycles. The molecule has 0 fully saturated rings. The van der Waals surface area contributed by atoms with E-state index in [-0.39, 0.29) is 12.0 Å². The summed E-state index contributed by atoms with van der Waals surface area (Å²) in [6, 6.07) is 5.45. The van der Waals surface area contributed by atoms with Crippen molar-refractivity contribution in [2.45, 2.75) is 47.3 Å². The fourth-order valence-electron chi connectivity index (χ4n) is 2.89. The summed E-state index contributed by atoms with van der Waals surface area (Å²) in [6.07, 6.45) is -0.364. The van der Waals surface area contributed by atoms with Crippen molar-refractivity contribution in [3.05, 3.63) is 23.8 Å². The Hall–Kier alpha value is -1.82. The molecular weight excluding hydrogens is 332 g/mol. The third-order valence-corrected chi connectivity index (χ3v) is 6.29. The Morgan fingerprint density at radius 2 is 1.44 bits per heavy atom. The van der Waals surface area contributed by atoms with Gasteiger partial charge in [0.1, 0.15) is 5.75 Å². The Morgan fingerprint density at radius 3 is 1.88 bits per heavy atom. The number of hydrogen-bond acceptors (Lipinski definition) is 3. The summed E-state index contributed by atoms with van der Waals surface area (Å²) >= 11 is 0. The van der Waals surface area contributed by atoms with Crippen LogP contribution in [0.15, 0.2) is 18.2 Å². The predicted molar refractivity (Wildman–Crippen MR) is 106 cm³/mol. The SMILES string of the molecule is CCN(CC)C(=O)Oc1cccc(C(=O)N(CC)CC)c1[Si](C)(C)C. The molecule has 0 heterocycles. The molecular formula is C19H32N2O3Si. The zero-order valence-corrected chi connectivity index (χ0v) is 17.7. The molecule has 0 bridgehead atoms. The fourth-order valence-corrected chi connectivity index (χ4v) is 4.76. The van der Waals surface area contributed by atoms with E-state index < -0.39 is 8.07 Å². The first-order chi connectivity index (χ1) is 11.7. The molecule has 2 amide bonds. The lowest BCUT2D eigenvalue weighted by atomic mass is 10.2. The Morgan fingerprint density at radius 1 is 0.920 bits per heavy atom. The maximum atomic E-state index is 13.0. The highest BCUT2D eigenvalue weighted by Crippen LogP contribution is 2.20. The predicted octanol–water partition coefficient (Wildman–Crippen LogP) is 3.55. The normalized spacial score (nSPS) is 11.2. The summed E-state index contributed by atoms with van der Waals surface area (Å²) in [4.78, 5) is 28.8. The third kappa shape index (κ3) is 5.08. The maximum absolute atomic E-state index is 13.0. The van der Waals surface area contributed by atoms with E-state index in [9.17, 15) is 9.59 Å². The van der Waals surface area contributed by atoms with Crippen LogP contribution in [0.4, 0.5) is 4.79 Å². The molecule has 140 valence electrons. The van der Waals surface area contributed by atoms with Crippen LogP contribution in [0.25, 0.3) is 0 Å². The zero-order valence-electron chi connectivity index (χ0n) is 16.7. The van der Waals surface area contributed by atoms with E-state index in [2.05, 4.69) is 19.6 Å². The van der Waals surface area contributed by atoms with Gasteiger partial charge in [-0.2, -0.15) is 0 Å². The quantitative estimate of drug-likeness (QED) is 0.695.